The summed E-state index contributed by atoms with van der Waals surface area (Å²) in [5, 5.41) is 2.14. The van der Waals surface area contributed by atoms with Crippen molar-refractivity contribution in [1.29, 1.82) is 0 Å². The summed E-state index contributed by atoms with van der Waals surface area (Å²) in [5.41, 5.74) is 2.97. The number of hydrogen-bond donors (Lipinski definition) is 2. The lowest BCUT2D eigenvalue weighted by molar-refractivity contribution is 0.373. The minimum atomic E-state index is 0.296. The summed E-state index contributed by atoms with van der Waals surface area (Å²) in [6.45, 7) is 4.49. The first-order valence-corrected chi connectivity index (χ1v) is 7.39. The quantitative estimate of drug-likeness (QED) is 0.627. The van der Waals surface area contributed by atoms with E-state index in [1.165, 1.54) is 27.1 Å². The average Bonchev–Trinajstić information content (AvgIpc) is 2.79. The van der Waals surface area contributed by atoms with Gasteiger partial charge in [-0.25, -0.2) is 0 Å². The van der Waals surface area contributed by atoms with Gasteiger partial charge >= 0.3 is 0 Å². The summed E-state index contributed by atoms with van der Waals surface area (Å²) in [5.74, 6) is 6.27. The molecule has 0 aliphatic heterocycles. The molecule has 0 bridgehead atoms. The number of hydrogen-bond acceptors (Lipinski definition) is 4. The van der Waals surface area contributed by atoms with Crippen LogP contribution in [0.2, 0.25) is 0 Å². The van der Waals surface area contributed by atoms with Gasteiger partial charge in [-0.1, -0.05) is 20.3 Å². The van der Waals surface area contributed by atoms with Crippen molar-refractivity contribution >= 4 is 32.1 Å². The highest BCUT2D eigenvalue weighted by Crippen LogP contribution is 2.36. The first-order chi connectivity index (χ1) is 7.76. The number of rotatable bonds is 5. The Bertz CT molecular complexity index is 418. The Labute approximate surface area is 104 Å². The molecule has 0 saturated heterocycles. The van der Waals surface area contributed by atoms with Crippen LogP contribution < -0.4 is 11.3 Å². The van der Waals surface area contributed by atoms with Crippen molar-refractivity contribution in [2.75, 3.05) is 0 Å². The number of fused-ring (bicyclic) bond motifs is 1. The molecule has 0 amide bonds. The summed E-state index contributed by atoms with van der Waals surface area (Å²) in [7, 11) is 0. The monoisotopic (exact) mass is 254 g/mol. The Hall–Kier alpha value is -0.420. The van der Waals surface area contributed by atoms with Gasteiger partial charge in [0.25, 0.3) is 0 Å². The zero-order valence-electron chi connectivity index (χ0n) is 9.69. The molecule has 0 aliphatic carbocycles. The molecule has 16 heavy (non-hydrogen) atoms. The molecule has 0 aliphatic rings. The van der Waals surface area contributed by atoms with Gasteiger partial charge in [-0.05, 0) is 29.9 Å². The van der Waals surface area contributed by atoms with Gasteiger partial charge in [-0.15, -0.1) is 22.7 Å². The molecule has 2 heterocycles. The molecular weight excluding hydrogens is 236 g/mol. The molecule has 0 fully saturated rings. The van der Waals surface area contributed by atoms with Crippen molar-refractivity contribution < 1.29 is 0 Å². The maximum atomic E-state index is 5.69. The van der Waals surface area contributed by atoms with Crippen LogP contribution >= 0.6 is 22.7 Å². The number of nitrogens with one attached hydrogen (secondary N) is 1. The van der Waals surface area contributed by atoms with Crippen LogP contribution in [0.5, 0.6) is 0 Å². The van der Waals surface area contributed by atoms with E-state index in [0.717, 1.165) is 0 Å². The molecule has 2 aromatic rings. The molecular formula is C12H18N2S2. The van der Waals surface area contributed by atoms with Crippen LogP contribution in [0, 0.1) is 5.92 Å². The fourth-order valence-electron chi connectivity index (χ4n) is 2.09. The van der Waals surface area contributed by atoms with Crippen molar-refractivity contribution in [3.63, 3.8) is 0 Å². The molecule has 2 aromatic heterocycles. The summed E-state index contributed by atoms with van der Waals surface area (Å²) in [6, 6.07) is 4.76. The van der Waals surface area contributed by atoms with E-state index in [2.05, 4.69) is 36.8 Å². The van der Waals surface area contributed by atoms with Gasteiger partial charge in [0.2, 0.25) is 0 Å². The Kier molecular flexibility index (Phi) is 3.97. The third-order valence-corrected chi connectivity index (χ3v) is 5.13. The van der Waals surface area contributed by atoms with Crippen molar-refractivity contribution in [2.24, 2.45) is 11.8 Å². The van der Waals surface area contributed by atoms with Gasteiger partial charge in [-0.2, -0.15) is 0 Å². The topological polar surface area (TPSA) is 38.0 Å². The van der Waals surface area contributed by atoms with E-state index in [-0.39, 0.29) is 0 Å². The van der Waals surface area contributed by atoms with Crippen molar-refractivity contribution in [2.45, 2.75) is 32.7 Å². The zero-order valence-corrected chi connectivity index (χ0v) is 11.3. The van der Waals surface area contributed by atoms with Gasteiger partial charge in [0.1, 0.15) is 0 Å². The minimum absolute atomic E-state index is 0.296. The van der Waals surface area contributed by atoms with Crippen LogP contribution in [-0.2, 0) is 0 Å². The van der Waals surface area contributed by atoms with Crippen molar-refractivity contribution in [3.05, 3.63) is 22.4 Å². The fourth-order valence-corrected chi connectivity index (χ4v) is 4.40. The lowest BCUT2D eigenvalue weighted by Crippen LogP contribution is -2.31. The molecule has 2 atom stereocenters. The zero-order chi connectivity index (χ0) is 11.5. The SMILES string of the molecule is CCCC(C)C(NN)c1cc2sccc2s1. The van der Waals surface area contributed by atoms with E-state index >= 15 is 0 Å². The summed E-state index contributed by atoms with van der Waals surface area (Å²) in [6.07, 6.45) is 2.42. The summed E-state index contributed by atoms with van der Waals surface area (Å²) in [4.78, 5) is 1.37. The second-order valence-corrected chi connectivity index (χ2v) is 6.27. The highest BCUT2D eigenvalue weighted by atomic mass is 32.1. The molecule has 3 N–H and O–H groups in total. The fraction of sp³-hybridized carbons (Fsp3) is 0.500. The molecule has 2 nitrogen and oxygen atoms in total. The second-order valence-electron chi connectivity index (χ2n) is 4.21. The molecule has 88 valence electrons. The first kappa shape index (κ1) is 12.0. The van der Waals surface area contributed by atoms with E-state index in [1.807, 2.05) is 11.3 Å². The molecule has 0 spiro atoms. The Morgan fingerprint density at radius 1 is 1.44 bits per heavy atom. The van der Waals surface area contributed by atoms with Crippen LogP contribution in [0.1, 0.15) is 37.6 Å². The van der Waals surface area contributed by atoms with Crippen LogP contribution in [0.25, 0.3) is 9.40 Å². The van der Waals surface area contributed by atoms with Crippen molar-refractivity contribution in [1.82, 2.24) is 5.43 Å². The third-order valence-electron chi connectivity index (χ3n) is 2.96. The van der Waals surface area contributed by atoms with E-state index < -0.39 is 0 Å². The molecule has 0 radical (unpaired) electrons. The van der Waals surface area contributed by atoms with Crippen LogP contribution in [0.4, 0.5) is 0 Å². The minimum Gasteiger partial charge on any atom is -0.271 e. The van der Waals surface area contributed by atoms with Crippen LogP contribution in [-0.4, -0.2) is 0 Å². The molecule has 4 heteroatoms. The van der Waals surface area contributed by atoms with Gasteiger partial charge < -0.3 is 0 Å². The van der Waals surface area contributed by atoms with E-state index in [4.69, 9.17) is 5.84 Å². The Balaban J connectivity index is 2.23. The molecule has 0 aromatic carbocycles. The third kappa shape index (κ3) is 2.30. The predicted octanol–water partition coefficient (Wildman–Crippen LogP) is 3.90. The number of nitrogens with two attached hydrogens (primary N) is 1. The first-order valence-electron chi connectivity index (χ1n) is 5.69. The Morgan fingerprint density at radius 2 is 2.25 bits per heavy atom. The maximum absolute atomic E-state index is 5.69. The van der Waals surface area contributed by atoms with Gasteiger partial charge in [0.05, 0.1) is 6.04 Å². The normalized spacial score (nSPS) is 15.4. The lowest BCUT2D eigenvalue weighted by Gasteiger charge is -2.21. The molecule has 2 unspecified atom stereocenters. The van der Waals surface area contributed by atoms with Crippen molar-refractivity contribution in [3.8, 4) is 0 Å². The summed E-state index contributed by atoms with van der Waals surface area (Å²) >= 11 is 3.66. The number of hydrazine groups is 1. The smallest absolute Gasteiger partial charge is 0.0579 e. The molecule has 0 saturated carbocycles. The molecule has 2 rings (SSSR count). The largest absolute Gasteiger partial charge is 0.271 e. The van der Waals surface area contributed by atoms with Crippen LogP contribution in [0.15, 0.2) is 17.5 Å². The average molecular weight is 254 g/mol. The van der Waals surface area contributed by atoms with E-state index in [1.54, 1.807) is 11.3 Å². The van der Waals surface area contributed by atoms with Gasteiger partial charge in [-0.3, -0.25) is 11.3 Å². The van der Waals surface area contributed by atoms with Gasteiger partial charge in [0, 0.05) is 14.3 Å². The number of thiophene rings is 2. The maximum Gasteiger partial charge on any atom is 0.0579 e. The van der Waals surface area contributed by atoms with E-state index in [9.17, 15) is 0 Å². The summed E-state index contributed by atoms with van der Waals surface area (Å²) < 4.78 is 2.76. The highest BCUT2D eigenvalue weighted by Gasteiger charge is 2.19. The lowest BCUT2D eigenvalue weighted by atomic mass is 9.96. The second kappa shape index (κ2) is 5.27. The van der Waals surface area contributed by atoms with Crippen LogP contribution in [0.3, 0.4) is 0 Å². The van der Waals surface area contributed by atoms with E-state index in [0.29, 0.717) is 12.0 Å². The standard InChI is InChI=1S/C12H18N2S2/c1-3-4-8(2)12(14-13)11-7-10-9(16-11)5-6-15-10/h5-8,12,14H,3-4,13H2,1-2H3. The Morgan fingerprint density at radius 3 is 2.88 bits per heavy atom. The predicted molar refractivity (Wildman–Crippen MR) is 73.8 cm³/mol. The van der Waals surface area contributed by atoms with Gasteiger partial charge in [0.15, 0.2) is 0 Å². The highest BCUT2D eigenvalue weighted by molar-refractivity contribution is 7.26.